The van der Waals surface area contributed by atoms with E-state index in [0.717, 1.165) is 27.8 Å². The number of aromatic nitrogens is 1. The van der Waals surface area contributed by atoms with E-state index < -0.39 is 0 Å². The zero-order valence-corrected chi connectivity index (χ0v) is 17.0. The second-order valence-corrected chi connectivity index (χ2v) is 7.02. The molecular formula is C24H24N2O4. The van der Waals surface area contributed by atoms with E-state index in [1.807, 2.05) is 48.7 Å². The number of carbonyl (C=O) groups excluding carboxylic acids is 1. The summed E-state index contributed by atoms with van der Waals surface area (Å²) in [5.74, 6) is 1.80. The van der Waals surface area contributed by atoms with Gasteiger partial charge in [0.2, 0.25) is 5.91 Å². The lowest BCUT2D eigenvalue weighted by Gasteiger charge is -2.19. The summed E-state index contributed by atoms with van der Waals surface area (Å²) < 4.78 is 16.2. The van der Waals surface area contributed by atoms with E-state index in [2.05, 4.69) is 16.4 Å². The molecule has 6 nitrogen and oxygen atoms in total. The highest BCUT2D eigenvalue weighted by Gasteiger charge is 2.23. The maximum atomic E-state index is 12.8. The molecule has 0 spiro atoms. The Morgan fingerprint density at radius 2 is 1.90 bits per heavy atom. The van der Waals surface area contributed by atoms with Gasteiger partial charge in [0, 0.05) is 29.4 Å². The molecule has 1 atom stereocenters. The summed E-state index contributed by atoms with van der Waals surface area (Å²) in [5, 5.41) is 4.04. The smallest absolute Gasteiger partial charge is 0.221 e. The van der Waals surface area contributed by atoms with Crippen LogP contribution >= 0.6 is 0 Å². The number of hydrogen-bond donors (Lipinski definition) is 2. The number of amides is 1. The van der Waals surface area contributed by atoms with E-state index >= 15 is 0 Å². The summed E-state index contributed by atoms with van der Waals surface area (Å²) in [7, 11) is 3.22. The lowest BCUT2D eigenvalue weighted by Crippen LogP contribution is -2.24. The maximum Gasteiger partial charge on any atom is 0.221 e. The van der Waals surface area contributed by atoms with Crippen LogP contribution in [0.15, 0.2) is 71.5 Å². The van der Waals surface area contributed by atoms with Crippen LogP contribution in [-0.2, 0) is 11.3 Å². The van der Waals surface area contributed by atoms with Crippen LogP contribution in [0.4, 0.5) is 0 Å². The van der Waals surface area contributed by atoms with Gasteiger partial charge in [0.1, 0.15) is 5.76 Å². The Morgan fingerprint density at radius 1 is 1.07 bits per heavy atom. The van der Waals surface area contributed by atoms with Crippen molar-refractivity contribution >= 4 is 16.8 Å². The standard InChI is InChI=1S/C24H24N2O4/c1-28-22-10-9-16(12-23(22)29-2)19(13-24(27)26-14-17-6-5-11-30-17)20-15-25-21-8-4-3-7-18(20)21/h3-12,15,19,25H,13-14H2,1-2H3,(H,26,27)/t19-/m0/s1. The third-order valence-electron chi connectivity index (χ3n) is 5.24. The molecule has 0 aliphatic carbocycles. The number of nitrogens with one attached hydrogen (secondary N) is 2. The van der Waals surface area contributed by atoms with Crippen LogP contribution in [0.2, 0.25) is 0 Å². The molecule has 2 N–H and O–H groups in total. The molecule has 2 heterocycles. The topological polar surface area (TPSA) is 76.5 Å². The molecule has 0 unspecified atom stereocenters. The zero-order valence-electron chi connectivity index (χ0n) is 17.0. The molecule has 6 heteroatoms. The summed E-state index contributed by atoms with van der Waals surface area (Å²) in [6, 6.07) is 17.5. The van der Waals surface area contributed by atoms with Crippen molar-refractivity contribution in [3.05, 3.63) is 83.9 Å². The fraction of sp³-hybridized carbons (Fsp3) is 0.208. The second-order valence-electron chi connectivity index (χ2n) is 7.02. The molecule has 0 radical (unpaired) electrons. The monoisotopic (exact) mass is 404 g/mol. The molecule has 0 saturated carbocycles. The minimum absolute atomic E-state index is 0.0588. The number of para-hydroxylation sites is 1. The Hall–Kier alpha value is -3.67. The van der Waals surface area contributed by atoms with Crippen molar-refractivity contribution in [2.75, 3.05) is 14.2 Å². The van der Waals surface area contributed by atoms with Crippen LogP contribution in [0.25, 0.3) is 10.9 Å². The van der Waals surface area contributed by atoms with Crippen molar-refractivity contribution in [2.45, 2.75) is 18.9 Å². The molecule has 0 bridgehead atoms. The van der Waals surface area contributed by atoms with Crippen LogP contribution < -0.4 is 14.8 Å². The number of H-pyrrole nitrogens is 1. The van der Waals surface area contributed by atoms with Crippen molar-refractivity contribution in [1.29, 1.82) is 0 Å². The predicted molar refractivity (Wildman–Crippen MR) is 115 cm³/mol. The van der Waals surface area contributed by atoms with Crippen LogP contribution in [0.1, 0.15) is 29.2 Å². The summed E-state index contributed by atoms with van der Waals surface area (Å²) in [4.78, 5) is 16.1. The predicted octanol–water partition coefficient (Wildman–Crippen LogP) is 4.62. The molecular weight excluding hydrogens is 380 g/mol. The lowest BCUT2D eigenvalue weighted by atomic mass is 9.87. The van der Waals surface area contributed by atoms with E-state index in [9.17, 15) is 4.79 Å². The number of hydrogen-bond acceptors (Lipinski definition) is 4. The SMILES string of the molecule is COc1ccc([C@H](CC(=O)NCc2ccco2)c2c[nH]c3ccccc23)cc1OC. The van der Waals surface area contributed by atoms with E-state index in [4.69, 9.17) is 13.9 Å². The van der Waals surface area contributed by atoms with E-state index in [-0.39, 0.29) is 18.2 Å². The molecule has 154 valence electrons. The van der Waals surface area contributed by atoms with E-state index in [1.165, 1.54) is 0 Å². The van der Waals surface area contributed by atoms with Gasteiger partial charge >= 0.3 is 0 Å². The van der Waals surface area contributed by atoms with Gasteiger partial charge < -0.3 is 24.2 Å². The van der Waals surface area contributed by atoms with Crippen LogP contribution in [0, 0.1) is 0 Å². The van der Waals surface area contributed by atoms with Gasteiger partial charge in [0.25, 0.3) is 0 Å². The first-order chi connectivity index (χ1) is 14.7. The quantitative estimate of drug-likeness (QED) is 0.449. The molecule has 4 rings (SSSR count). The number of rotatable bonds is 8. The van der Waals surface area contributed by atoms with Crippen LogP contribution in [0.3, 0.4) is 0 Å². The minimum Gasteiger partial charge on any atom is -0.493 e. The highest BCUT2D eigenvalue weighted by atomic mass is 16.5. The Morgan fingerprint density at radius 3 is 2.67 bits per heavy atom. The van der Waals surface area contributed by atoms with E-state index in [0.29, 0.717) is 18.0 Å². The van der Waals surface area contributed by atoms with Crippen molar-refractivity contribution in [1.82, 2.24) is 10.3 Å². The largest absolute Gasteiger partial charge is 0.493 e. The molecule has 2 aromatic heterocycles. The second kappa shape index (κ2) is 8.78. The molecule has 2 aromatic carbocycles. The number of ether oxygens (including phenoxy) is 2. The highest BCUT2D eigenvalue weighted by molar-refractivity contribution is 5.86. The Labute approximate surface area is 174 Å². The molecule has 0 fully saturated rings. The lowest BCUT2D eigenvalue weighted by molar-refractivity contribution is -0.121. The average Bonchev–Trinajstić information content (AvgIpc) is 3.45. The van der Waals surface area contributed by atoms with Gasteiger partial charge in [0.05, 0.1) is 27.0 Å². The average molecular weight is 404 g/mol. The third-order valence-corrected chi connectivity index (χ3v) is 5.24. The highest BCUT2D eigenvalue weighted by Crippen LogP contribution is 2.37. The molecule has 0 aliphatic rings. The zero-order chi connectivity index (χ0) is 20.9. The number of benzene rings is 2. The Balaban J connectivity index is 1.67. The number of furan rings is 1. The van der Waals surface area contributed by atoms with Crippen LogP contribution in [0.5, 0.6) is 11.5 Å². The molecule has 4 aromatic rings. The summed E-state index contributed by atoms with van der Waals surface area (Å²) in [5.41, 5.74) is 3.07. The molecule has 0 aliphatic heterocycles. The van der Waals surface area contributed by atoms with Gasteiger partial charge in [-0.3, -0.25) is 4.79 Å². The maximum absolute atomic E-state index is 12.8. The van der Waals surface area contributed by atoms with E-state index in [1.54, 1.807) is 26.5 Å². The third kappa shape index (κ3) is 4.03. The van der Waals surface area contributed by atoms with Crippen molar-refractivity contribution < 1.29 is 18.7 Å². The first kappa shape index (κ1) is 19.6. The van der Waals surface area contributed by atoms with Gasteiger partial charge in [-0.2, -0.15) is 0 Å². The number of fused-ring (bicyclic) bond motifs is 1. The normalized spacial score (nSPS) is 11.9. The molecule has 1 amide bonds. The summed E-state index contributed by atoms with van der Waals surface area (Å²) in [6.45, 7) is 0.359. The minimum atomic E-state index is -0.155. The first-order valence-electron chi connectivity index (χ1n) is 9.76. The Bertz CT molecular complexity index is 1130. The fourth-order valence-electron chi connectivity index (χ4n) is 3.72. The van der Waals surface area contributed by atoms with Gasteiger partial charge in [-0.25, -0.2) is 0 Å². The summed E-state index contributed by atoms with van der Waals surface area (Å²) >= 11 is 0. The van der Waals surface area contributed by atoms with Crippen molar-refractivity contribution in [2.24, 2.45) is 0 Å². The summed E-state index contributed by atoms with van der Waals surface area (Å²) in [6.07, 6.45) is 3.86. The van der Waals surface area contributed by atoms with Crippen molar-refractivity contribution in [3.8, 4) is 11.5 Å². The first-order valence-corrected chi connectivity index (χ1v) is 9.76. The number of aromatic amines is 1. The van der Waals surface area contributed by atoms with Gasteiger partial charge in [-0.05, 0) is 41.5 Å². The van der Waals surface area contributed by atoms with Crippen LogP contribution in [-0.4, -0.2) is 25.1 Å². The number of carbonyl (C=O) groups is 1. The fourth-order valence-corrected chi connectivity index (χ4v) is 3.72. The number of methoxy groups -OCH3 is 2. The Kier molecular flexibility index (Phi) is 5.75. The van der Waals surface area contributed by atoms with Crippen molar-refractivity contribution in [3.63, 3.8) is 0 Å². The van der Waals surface area contributed by atoms with Gasteiger partial charge in [0.15, 0.2) is 11.5 Å². The van der Waals surface area contributed by atoms with Gasteiger partial charge in [-0.15, -0.1) is 0 Å². The van der Waals surface area contributed by atoms with Gasteiger partial charge in [-0.1, -0.05) is 24.3 Å². The molecule has 0 saturated heterocycles. The molecule has 30 heavy (non-hydrogen) atoms.